The monoisotopic (exact) mass is 322 g/mol. The van der Waals surface area contributed by atoms with Crippen molar-refractivity contribution >= 4 is 21.9 Å². The first-order valence-corrected chi connectivity index (χ1v) is 6.89. The lowest BCUT2D eigenvalue weighted by Gasteiger charge is -2.13. The summed E-state index contributed by atoms with van der Waals surface area (Å²) in [6, 6.07) is 7.64. The molecule has 5 heteroatoms. The smallest absolute Gasteiger partial charge is 0.313 e. The topological polar surface area (TPSA) is 44.1 Å². The molecule has 2 rings (SSSR count). The predicted molar refractivity (Wildman–Crippen MR) is 76.3 cm³/mol. The predicted octanol–water partition coefficient (Wildman–Crippen LogP) is 3.30. The Morgan fingerprint density at radius 3 is 2.89 bits per heavy atom. The van der Waals surface area contributed by atoms with E-state index in [2.05, 4.69) is 21.0 Å². The van der Waals surface area contributed by atoms with Gasteiger partial charge in [0.05, 0.1) is 18.2 Å². The third-order valence-electron chi connectivity index (χ3n) is 2.86. The van der Waals surface area contributed by atoms with E-state index >= 15 is 0 Å². The Morgan fingerprint density at radius 1 is 1.53 bits per heavy atom. The number of halogens is 1. The maximum Gasteiger partial charge on any atom is 0.313 e. The minimum atomic E-state index is -0.275. The lowest BCUT2D eigenvalue weighted by Crippen LogP contribution is -2.13. The number of rotatable bonds is 4. The van der Waals surface area contributed by atoms with Crippen LogP contribution < -0.4 is 0 Å². The van der Waals surface area contributed by atoms with Crippen molar-refractivity contribution in [3.8, 4) is 5.69 Å². The van der Waals surface area contributed by atoms with Gasteiger partial charge in [-0.25, -0.2) is 4.68 Å². The van der Waals surface area contributed by atoms with Gasteiger partial charge >= 0.3 is 5.97 Å². The second-order valence-electron chi connectivity index (χ2n) is 4.14. The number of carbonyl (C=O) groups is 1. The Hall–Kier alpha value is -1.62. The largest absolute Gasteiger partial charge is 0.466 e. The summed E-state index contributed by atoms with van der Waals surface area (Å²) >= 11 is 3.51. The molecule has 0 radical (unpaired) electrons. The summed E-state index contributed by atoms with van der Waals surface area (Å²) in [6.07, 6.45) is 3.59. The molecule has 0 amide bonds. The van der Waals surface area contributed by atoms with Crippen molar-refractivity contribution in [3.63, 3.8) is 0 Å². The van der Waals surface area contributed by atoms with Gasteiger partial charge in [0.2, 0.25) is 0 Å². The summed E-state index contributed by atoms with van der Waals surface area (Å²) in [5.74, 6) is -0.482. The van der Waals surface area contributed by atoms with Crippen LogP contribution in [0.2, 0.25) is 0 Å². The van der Waals surface area contributed by atoms with Crippen molar-refractivity contribution in [3.05, 3.63) is 46.7 Å². The van der Waals surface area contributed by atoms with Crippen LogP contribution >= 0.6 is 15.9 Å². The van der Waals surface area contributed by atoms with Crippen molar-refractivity contribution in [1.82, 2.24) is 9.78 Å². The van der Waals surface area contributed by atoms with Crippen molar-refractivity contribution < 1.29 is 9.53 Å². The van der Waals surface area contributed by atoms with Crippen molar-refractivity contribution in [2.45, 2.75) is 19.8 Å². The lowest BCUT2D eigenvalue weighted by atomic mass is 10.0. The van der Waals surface area contributed by atoms with Gasteiger partial charge in [0.25, 0.3) is 0 Å². The first-order valence-electron chi connectivity index (χ1n) is 6.09. The second-order valence-corrected chi connectivity index (χ2v) is 4.99. The van der Waals surface area contributed by atoms with Gasteiger partial charge in [-0.3, -0.25) is 4.79 Å². The molecule has 2 aromatic rings. The molecule has 1 unspecified atom stereocenters. The molecule has 0 aliphatic carbocycles. The number of ether oxygens (including phenoxy) is 1. The molecule has 0 aliphatic rings. The molecule has 1 heterocycles. The lowest BCUT2D eigenvalue weighted by molar-refractivity contribution is -0.144. The molecule has 0 saturated heterocycles. The van der Waals surface area contributed by atoms with Gasteiger partial charge in [0.15, 0.2) is 0 Å². The number of nitrogens with zero attached hydrogens (tertiary/aromatic N) is 2. The molecule has 100 valence electrons. The molecule has 0 bridgehead atoms. The minimum Gasteiger partial charge on any atom is -0.466 e. The first-order chi connectivity index (χ1) is 9.13. The van der Waals surface area contributed by atoms with Crippen LogP contribution in [-0.4, -0.2) is 22.4 Å². The van der Waals surface area contributed by atoms with E-state index in [0.717, 1.165) is 15.7 Å². The number of aromatic nitrogens is 2. The summed E-state index contributed by atoms with van der Waals surface area (Å²) < 4.78 is 7.69. The fraction of sp³-hybridized carbons (Fsp3) is 0.286. The summed E-state index contributed by atoms with van der Waals surface area (Å²) in [5.41, 5.74) is 1.85. The Balaban J connectivity index is 2.26. The van der Waals surface area contributed by atoms with Gasteiger partial charge in [0, 0.05) is 16.9 Å². The average molecular weight is 323 g/mol. The van der Waals surface area contributed by atoms with E-state index in [-0.39, 0.29) is 11.9 Å². The van der Waals surface area contributed by atoms with E-state index in [1.807, 2.05) is 37.4 Å². The Bertz CT molecular complexity index is 567. The van der Waals surface area contributed by atoms with Gasteiger partial charge in [-0.05, 0) is 53.5 Å². The number of esters is 1. The molecule has 0 aliphatic heterocycles. The number of hydrogen-bond donors (Lipinski definition) is 0. The van der Waals surface area contributed by atoms with E-state index < -0.39 is 0 Å². The van der Waals surface area contributed by atoms with Crippen LogP contribution in [0.25, 0.3) is 5.69 Å². The molecule has 0 fully saturated rings. The third kappa shape index (κ3) is 3.04. The SMILES string of the molecule is CCOC(=O)C(C)c1ccc(-n2cccn2)c(Br)c1. The van der Waals surface area contributed by atoms with Crippen LogP contribution in [0.5, 0.6) is 0 Å². The molecule has 0 N–H and O–H groups in total. The Kier molecular flexibility index (Phi) is 4.37. The molecular formula is C14H15BrN2O2. The number of hydrogen-bond acceptors (Lipinski definition) is 3. The summed E-state index contributed by atoms with van der Waals surface area (Å²) in [5, 5.41) is 4.18. The maximum atomic E-state index is 11.7. The van der Waals surface area contributed by atoms with E-state index in [0.29, 0.717) is 6.61 Å². The van der Waals surface area contributed by atoms with Gasteiger partial charge < -0.3 is 4.74 Å². The van der Waals surface area contributed by atoms with Crippen molar-refractivity contribution in [1.29, 1.82) is 0 Å². The van der Waals surface area contributed by atoms with E-state index in [4.69, 9.17) is 4.74 Å². The maximum absolute atomic E-state index is 11.7. The van der Waals surface area contributed by atoms with Gasteiger partial charge in [0.1, 0.15) is 0 Å². The first kappa shape index (κ1) is 13.8. The zero-order valence-electron chi connectivity index (χ0n) is 10.8. The molecule has 4 nitrogen and oxygen atoms in total. The Morgan fingerprint density at radius 2 is 2.32 bits per heavy atom. The standard InChI is InChI=1S/C14H15BrN2O2/c1-3-19-14(18)10(2)11-5-6-13(12(15)9-11)17-8-4-7-16-17/h4-10H,3H2,1-2H3. The normalized spacial score (nSPS) is 12.2. The molecule has 1 aromatic carbocycles. The number of benzene rings is 1. The zero-order chi connectivity index (χ0) is 13.8. The van der Waals surface area contributed by atoms with Crippen LogP contribution in [0.4, 0.5) is 0 Å². The van der Waals surface area contributed by atoms with Crippen LogP contribution in [0.1, 0.15) is 25.3 Å². The number of carbonyl (C=O) groups excluding carboxylic acids is 1. The third-order valence-corrected chi connectivity index (χ3v) is 3.50. The second kappa shape index (κ2) is 6.02. The van der Waals surface area contributed by atoms with Gasteiger partial charge in [-0.2, -0.15) is 5.10 Å². The van der Waals surface area contributed by atoms with Crippen LogP contribution in [0.15, 0.2) is 41.1 Å². The summed E-state index contributed by atoms with van der Waals surface area (Å²) in [7, 11) is 0. The average Bonchev–Trinajstić information content (AvgIpc) is 2.91. The van der Waals surface area contributed by atoms with Crippen LogP contribution in [0, 0.1) is 0 Å². The highest BCUT2D eigenvalue weighted by Crippen LogP contribution is 2.26. The van der Waals surface area contributed by atoms with E-state index in [1.54, 1.807) is 17.8 Å². The highest BCUT2D eigenvalue weighted by atomic mass is 79.9. The van der Waals surface area contributed by atoms with Gasteiger partial charge in [-0.1, -0.05) is 6.07 Å². The molecule has 1 aromatic heterocycles. The fourth-order valence-corrected chi connectivity index (χ4v) is 2.37. The Labute approximate surface area is 120 Å². The fourth-order valence-electron chi connectivity index (χ4n) is 1.79. The molecule has 19 heavy (non-hydrogen) atoms. The van der Waals surface area contributed by atoms with Crippen molar-refractivity contribution in [2.24, 2.45) is 0 Å². The van der Waals surface area contributed by atoms with Gasteiger partial charge in [-0.15, -0.1) is 0 Å². The van der Waals surface area contributed by atoms with Crippen molar-refractivity contribution in [2.75, 3.05) is 6.61 Å². The highest BCUT2D eigenvalue weighted by Gasteiger charge is 2.17. The quantitative estimate of drug-likeness (QED) is 0.811. The van der Waals surface area contributed by atoms with E-state index in [1.165, 1.54) is 0 Å². The molecule has 0 spiro atoms. The summed E-state index contributed by atoms with van der Waals surface area (Å²) in [6.45, 7) is 4.05. The van der Waals surface area contributed by atoms with Crippen LogP contribution in [-0.2, 0) is 9.53 Å². The summed E-state index contributed by atoms with van der Waals surface area (Å²) in [4.78, 5) is 11.7. The zero-order valence-corrected chi connectivity index (χ0v) is 12.4. The van der Waals surface area contributed by atoms with E-state index in [9.17, 15) is 4.79 Å². The highest BCUT2D eigenvalue weighted by molar-refractivity contribution is 9.10. The molecule has 0 saturated carbocycles. The minimum absolute atomic E-state index is 0.207. The van der Waals surface area contributed by atoms with Crippen LogP contribution in [0.3, 0.4) is 0 Å². The molecule has 1 atom stereocenters. The molecular weight excluding hydrogens is 308 g/mol.